The van der Waals surface area contributed by atoms with Crippen LogP contribution >= 0.6 is 27.5 Å². The molecule has 0 aliphatic heterocycles. The Kier molecular flexibility index (Phi) is 11.9. The molecule has 0 amide bonds. The molecule has 0 spiro atoms. The minimum absolute atomic E-state index is 0.155. The minimum Gasteiger partial charge on any atom is -0.461 e. The number of unbranched alkanes of at least 4 members (excludes halogenated alkanes) is 3. The minimum atomic E-state index is -1.85. The standard InChI is InChI=1S/C31H47BrClN3O3Si/c1-8-24-27(25(36-35-24)16-12-10-11-13-19-32)26-23(33)18-17-22-21(29(34-28(22)26)30(37)38-9-2)15-14-20-39-40(6,7)31(3,4)5/h17-18,34H,8-16,19-20H2,1-7H3,(H,35,36). The summed E-state index contributed by atoms with van der Waals surface area (Å²) in [7, 11) is -1.85. The lowest BCUT2D eigenvalue weighted by Gasteiger charge is -2.36. The van der Waals surface area contributed by atoms with Crippen LogP contribution in [0.4, 0.5) is 0 Å². The van der Waals surface area contributed by atoms with Crippen LogP contribution in [0.15, 0.2) is 12.1 Å². The first kappa shape index (κ1) is 32.9. The molecule has 0 aliphatic rings. The molecule has 2 heterocycles. The molecule has 6 nitrogen and oxygen atoms in total. The van der Waals surface area contributed by atoms with Crippen molar-refractivity contribution in [2.24, 2.45) is 0 Å². The van der Waals surface area contributed by atoms with E-state index < -0.39 is 8.32 Å². The third kappa shape index (κ3) is 7.61. The first-order valence-corrected chi connectivity index (χ1v) is 19.1. The highest BCUT2D eigenvalue weighted by Crippen LogP contribution is 2.41. The van der Waals surface area contributed by atoms with Gasteiger partial charge in [0.05, 0.1) is 22.8 Å². The third-order valence-electron chi connectivity index (χ3n) is 8.16. The number of aromatic amines is 2. The van der Waals surface area contributed by atoms with Gasteiger partial charge < -0.3 is 14.1 Å². The van der Waals surface area contributed by atoms with E-state index in [4.69, 9.17) is 20.8 Å². The maximum Gasteiger partial charge on any atom is 0.355 e. The Balaban J connectivity index is 2.02. The van der Waals surface area contributed by atoms with Gasteiger partial charge in [0.25, 0.3) is 0 Å². The molecule has 1 aromatic carbocycles. The van der Waals surface area contributed by atoms with Crippen molar-refractivity contribution < 1.29 is 14.0 Å². The number of alkyl halides is 1. The van der Waals surface area contributed by atoms with Gasteiger partial charge in [0.15, 0.2) is 8.32 Å². The van der Waals surface area contributed by atoms with Crippen molar-refractivity contribution in [1.29, 1.82) is 0 Å². The van der Waals surface area contributed by atoms with Crippen LogP contribution < -0.4 is 0 Å². The maximum absolute atomic E-state index is 13.1. The first-order chi connectivity index (χ1) is 19.0. The quantitative estimate of drug-likeness (QED) is 0.0742. The lowest BCUT2D eigenvalue weighted by atomic mass is 9.95. The largest absolute Gasteiger partial charge is 0.461 e. The van der Waals surface area contributed by atoms with Crippen LogP contribution in [0.5, 0.6) is 0 Å². The van der Waals surface area contributed by atoms with Crippen molar-refractivity contribution in [3.63, 3.8) is 0 Å². The Bertz CT molecular complexity index is 1280. The zero-order chi connectivity index (χ0) is 29.5. The fraction of sp³-hybridized carbons (Fsp3) is 0.613. The second-order valence-corrected chi connectivity index (χ2v) is 18.0. The first-order valence-electron chi connectivity index (χ1n) is 14.7. The molecule has 0 saturated heterocycles. The number of benzene rings is 1. The summed E-state index contributed by atoms with van der Waals surface area (Å²) in [6.45, 7) is 16.2. The SMILES string of the molecule is CCOC(=O)c1[nH]c2c(-c3c(CC)n[nH]c3CCCCCCBr)c(Cl)ccc2c1CCCO[Si](C)(C)C(C)(C)C. The highest BCUT2D eigenvalue weighted by atomic mass is 79.9. The number of carbonyl (C=O) groups excluding carboxylic acids is 1. The molecule has 9 heteroatoms. The lowest BCUT2D eigenvalue weighted by molar-refractivity contribution is 0.0519. The van der Waals surface area contributed by atoms with Gasteiger partial charge in [-0.05, 0) is 75.2 Å². The second-order valence-electron chi connectivity index (χ2n) is 12.0. The number of nitrogens with one attached hydrogen (secondary N) is 2. The molecule has 2 N–H and O–H groups in total. The molecule has 0 aliphatic carbocycles. The number of H-pyrrole nitrogens is 2. The molecule has 222 valence electrons. The molecule has 3 aromatic rings. The van der Waals surface area contributed by atoms with Crippen molar-refractivity contribution >= 4 is 52.7 Å². The zero-order valence-electron chi connectivity index (χ0n) is 25.4. The molecular weight excluding hydrogens is 606 g/mol. The Hall–Kier alpha value is -1.61. The van der Waals surface area contributed by atoms with Gasteiger partial charge in [0.1, 0.15) is 5.69 Å². The Labute approximate surface area is 254 Å². The number of ether oxygens (including phenoxy) is 1. The second kappa shape index (κ2) is 14.5. The normalized spacial score (nSPS) is 12.4. The summed E-state index contributed by atoms with van der Waals surface area (Å²) in [4.78, 5) is 16.6. The van der Waals surface area contributed by atoms with Crippen LogP contribution in [0.1, 0.15) is 94.2 Å². The van der Waals surface area contributed by atoms with E-state index in [2.05, 4.69) is 71.9 Å². The Morgan fingerprint density at radius 3 is 2.42 bits per heavy atom. The maximum atomic E-state index is 13.1. The smallest absolute Gasteiger partial charge is 0.355 e. The van der Waals surface area contributed by atoms with Gasteiger partial charge in [-0.1, -0.05) is 74.1 Å². The van der Waals surface area contributed by atoms with Crippen LogP contribution in [0.2, 0.25) is 23.2 Å². The molecule has 0 fully saturated rings. The predicted octanol–water partition coefficient (Wildman–Crippen LogP) is 9.40. The number of nitrogens with zero attached hydrogens (tertiary/aromatic N) is 1. The van der Waals surface area contributed by atoms with Crippen molar-refractivity contribution in [3.8, 4) is 11.1 Å². The van der Waals surface area contributed by atoms with E-state index in [9.17, 15) is 4.79 Å². The summed E-state index contributed by atoms with van der Waals surface area (Å²) in [5.41, 5.74) is 6.39. The molecule has 0 bridgehead atoms. The van der Waals surface area contributed by atoms with Gasteiger partial charge in [-0.2, -0.15) is 5.10 Å². The van der Waals surface area contributed by atoms with Gasteiger partial charge in [-0.25, -0.2) is 4.79 Å². The summed E-state index contributed by atoms with van der Waals surface area (Å²) in [5, 5.41) is 10.8. The average Bonchev–Trinajstić information content (AvgIpc) is 3.47. The van der Waals surface area contributed by atoms with E-state index in [0.29, 0.717) is 30.4 Å². The van der Waals surface area contributed by atoms with Gasteiger partial charge in [0, 0.05) is 34.1 Å². The number of aryl methyl sites for hydroxylation is 3. The summed E-state index contributed by atoms with van der Waals surface area (Å²) >= 11 is 10.4. The van der Waals surface area contributed by atoms with Crippen molar-refractivity contribution in [2.45, 2.75) is 104 Å². The number of esters is 1. The molecule has 2 aromatic heterocycles. The van der Waals surface area contributed by atoms with Gasteiger partial charge >= 0.3 is 5.97 Å². The number of hydrogen-bond acceptors (Lipinski definition) is 4. The molecule has 3 rings (SSSR count). The summed E-state index contributed by atoms with van der Waals surface area (Å²) in [6.07, 6.45) is 7.84. The molecule has 0 radical (unpaired) electrons. The molecule has 40 heavy (non-hydrogen) atoms. The van der Waals surface area contributed by atoms with E-state index >= 15 is 0 Å². The van der Waals surface area contributed by atoms with Gasteiger partial charge in [-0.15, -0.1) is 0 Å². The van der Waals surface area contributed by atoms with E-state index in [1.807, 2.05) is 19.1 Å². The zero-order valence-corrected chi connectivity index (χ0v) is 28.7. The molecule has 0 unspecified atom stereocenters. The average molecular weight is 653 g/mol. The molecule has 0 atom stereocenters. The van der Waals surface area contributed by atoms with Crippen molar-refractivity contribution in [2.75, 3.05) is 18.5 Å². The van der Waals surface area contributed by atoms with E-state index in [0.717, 1.165) is 70.0 Å². The summed E-state index contributed by atoms with van der Waals surface area (Å²) in [5.74, 6) is -0.337. The summed E-state index contributed by atoms with van der Waals surface area (Å²) in [6, 6.07) is 3.97. The number of rotatable bonds is 15. The number of hydrogen-bond donors (Lipinski definition) is 2. The Morgan fingerprint density at radius 1 is 1.05 bits per heavy atom. The fourth-order valence-electron chi connectivity index (χ4n) is 4.87. The highest BCUT2D eigenvalue weighted by Gasteiger charge is 2.37. The monoisotopic (exact) mass is 651 g/mol. The van der Waals surface area contributed by atoms with E-state index in [-0.39, 0.29) is 11.0 Å². The number of aromatic nitrogens is 3. The lowest BCUT2D eigenvalue weighted by Crippen LogP contribution is -2.41. The van der Waals surface area contributed by atoms with Crippen molar-refractivity contribution in [1.82, 2.24) is 15.2 Å². The van der Waals surface area contributed by atoms with E-state index in [1.165, 1.54) is 19.3 Å². The number of fused-ring (bicyclic) bond motifs is 1. The fourth-order valence-corrected chi connectivity index (χ4v) is 6.61. The molecule has 0 saturated carbocycles. The van der Waals surface area contributed by atoms with Crippen LogP contribution in [0, 0.1) is 0 Å². The van der Waals surface area contributed by atoms with Crippen molar-refractivity contribution in [3.05, 3.63) is 39.8 Å². The Morgan fingerprint density at radius 2 is 1.77 bits per heavy atom. The van der Waals surface area contributed by atoms with Gasteiger partial charge in [-0.3, -0.25) is 5.10 Å². The van der Waals surface area contributed by atoms with Crippen LogP contribution in [0.3, 0.4) is 0 Å². The highest BCUT2D eigenvalue weighted by molar-refractivity contribution is 9.09. The van der Waals surface area contributed by atoms with Gasteiger partial charge in [0.2, 0.25) is 0 Å². The summed E-state index contributed by atoms with van der Waals surface area (Å²) < 4.78 is 11.9. The number of halogens is 2. The topological polar surface area (TPSA) is 80.0 Å². The van der Waals surface area contributed by atoms with Crippen LogP contribution in [0.25, 0.3) is 22.0 Å². The van der Waals surface area contributed by atoms with Crippen LogP contribution in [-0.2, 0) is 28.4 Å². The van der Waals surface area contributed by atoms with Crippen LogP contribution in [-0.4, -0.2) is 48.0 Å². The predicted molar refractivity (Wildman–Crippen MR) is 174 cm³/mol. The molecular formula is C31H47BrClN3O3Si. The van der Waals surface area contributed by atoms with E-state index in [1.54, 1.807) is 0 Å². The number of carbonyl (C=O) groups is 1. The third-order valence-corrected chi connectivity index (χ3v) is 13.6.